The van der Waals surface area contributed by atoms with Gasteiger partial charge in [0.15, 0.2) is 0 Å². The highest BCUT2D eigenvalue weighted by Crippen LogP contribution is 2.02. The van der Waals surface area contributed by atoms with Gasteiger partial charge in [-0.15, -0.1) is 0 Å². The van der Waals surface area contributed by atoms with Crippen molar-refractivity contribution in [1.29, 1.82) is 0 Å². The zero-order valence-electron chi connectivity index (χ0n) is 5.54. The summed E-state index contributed by atoms with van der Waals surface area (Å²) in [5.74, 6) is 0.322. The number of phenolic OH excluding ortho intramolecular Hbond substituents is 1. The molecule has 0 aliphatic heterocycles. The molecule has 0 bridgehead atoms. The van der Waals surface area contributed by atoms with E-state index in [1.165, 1.54) is 0 Å². The fraction of sp³-hybridized carbons (Fsp3) is 0. The van der Waals surface area contributed by atoms with Gasteiger partial charge in [0.25, 0.3) is 11.4 Å². The number of hydrogen-bond acceptors (Lipinski definition) is 2. The Labute approximate surface area is 66.6 Å². The summed E-state index contributed by atoms with van der Waals surface area (Å²) in [6, 6.07) is 8.71. The summed E-state index contributed by atoms with van der Waals surface area (Å²) < 4.78 is 22.8. The molecule has 0 heterocycles. The van der Waals surface area contributed by atoms with Crippen molar-refractivity contribution in [1.82, 2.24) is 0 Å². The third kappa shape index (κ3) is 9.09. The van der Waals surface area contributed by atoms with Crippen molar-refractivity contribution in [2.24, 2.45) is 0 Å². The minimum absolute atomic E-state index is 0.322. The van der Waals surface area contributed by atoms with E-state index in [9.17, 15) is 0 Å². The molecule has 0 saturated carbocycles. The van der Waals surface area contributed by atoms with Crippen molar-refractivity contribution >= 4 is 11.4 Å². The molecule has 0 aliphatic carbocycles. The van der Waals surface area contributed by atoms with Crippen molar-refractivity contribution in [3.8, 4) is 5.75 Å². The van der Waals surface area contributed by atoms with E-state index in [4.69, 9.17) is 18.4 Å². The van der Waals surface area contributed by atoms with Crippen LogP contribution in [-0.2, 0) is 11.4 Å². The van der Waals surface area contributed by atoms with Crippen molar-refractivity contribution in [2.75, 3.05) is 0 Å². The average molecular weight is 176 g/mol. The normalized spacial score (nSPS) is 8.64. The number of aromatic hydroxyl groups is 1. The molecule has 0 aromatic heterocycles. The Morgan fingerprint density at radius 3 is 1.64 bits per heavy atom. The van der Waals surface area contributed by atoms with Crippen LogP contribution in [0.1, 0.15) is 0 Å². The van der Waals surface area contributed by atoms with E-state index in [0.717, 1.165) is 0 Å². The molecule has 1 aromatic rings. The summed E-state index contributed by atoms with van der Waals surface area (Å²) in [5, 5.41) is 8.63. The van der Waals surface area contributed by atoms with Crippen LogP contribution in [0.2, 0.25) is 0 Å². The molecule has 3 N–H and O–H groups in total. The topological polar surface area (TPSA) is 77.8 Å². The zero-order chi connectivity index (χ0) is 8.69. The lowest BCUT2D eigenvalue weighted by Gasteiger charge is -1.82. The van der Waals surface area contributed by atoms with Crippen LogP contribution >= 0.6 is 0 Å². The van der Waals surface area contributed by atoms with Crippen LogP contribution in [0.3, 0.4) is 0 Å². The maximum atomic E-state index is 8.67. The Kier molecular flexibility index (Phi) is 5.36. The van der Waals surface area contributed by atoms with Crippen LogP contribution in [0.15, 0.2) is 30.3 Å². The monoisotopic (exact) mass is 176 g/mol. The smallest absolute Gasteiger partial charge is 0.299 e. The van der Waals surface area contributed by atoms with Crippen LogP contribution in [0.25, 0.3) is 0 Å². The fourth-order valence-electron chi connectivity index (χ4n) is 0.428. The third-order valence-corrected chi connectivity index (χ3v) is 0.756. The van der Waals surface area contributed by atoms with Crippen molar-refractivity contribution in [3.05, 3.63) is 30.3 Å². The lowest BCUT2D eigenvalue weighted by atomic mass is 10.3. The first-order valence-corrected chi connectivity index (χ1v) is 3.73. The minimum atomic E-state index is -2.61. The number of hydrogen-bond donors (Lipinski definition) is 3. The highest BCUT2D eigenvalue weighted by atomic mass is 32.2. The second-order valence-electron chi connectivity index (χ2n) is 1.57. The second-order valence-corrected chi connectivity index (χ2v) is 2.03. The van der Waals surface area contributed by atoms with Crippen LogP contribution in [-0.4, -0.2) is 18.4 Å². The maximum Gasteiger partial charge on any atom is 0.299 e. The highest BCUT2D eigenvalue weighted by molar-refractivity contribution is 7.73. The molecule has 0 atom stereocenters. The Balaban J connectivity index is 0.000000218. The molecule has 5 heteroatoms. The summed E-state index contributed by atoms with van der Waals surface area (Å²) in [6.45, 7) is 0. The second kappa shape index (κ2) is 5.84. The van der Waals surface area contributed by atoms with E-state index in [0.29, 0.717) is 5.75 Å². The van der Waals surface area contributed by atoms with E-state index in [1.54, 1.807) is 24.3 Å². The fourth-order valence-corrected chi connectivity index (χ4v) is 0.428. The lowest BCUT2D eigenvalue weighted by molar-refractivity contribution is 0.454. The summed E-state index contributed by atoms with van der Waals surface area (Å²) in [4.78, 5) is 0. The van der Waals surface area contributed by atoms with E-state index < -0.39 is 11.4 Å². The highest BCUT2D eigenvalue weighted by Gasteiger charge is 1.74. The van der Waals surface area contributed by atoms with Crippen molar-refractivity contribution in [2.45, 2.75) is 0 Å². The number of rotatable bonds is 0. The van der Waals surface area contributed by atoms with Gasteiger partial charge in [-0.1, -0.05) is 18.2 Å². The van der Waals surface area contributed by atoms with Crippen molar-refractivity contribution in [3.63, 3.8) is 0 Å². The van der Waals surface area contributed by atoms with Crippen LogP contribution in [0.5, 0.6) is 5.75 Å². The summed E-state index contributed by atoms with van der Waals surface area (Å²) in [6.07, 6.45) is 0. The molecule has 1 aromatic carbocycles. The zero-order valence-corrected chi connectivity index (χ0v) is 6.36. The van der Waals surface area contributed by atoms with Gasteiger partial charge < -0.3 is 5.11 Å². The van der Waals surface area contributed by atoms with Crippen LogP contribution < -0.4 is 0 Å². The van der Waals surface area contributed by atoms with E-state index in [1.807, 2.05) is 6.07 Å². The number of phenols is 1. The van der Waals surface area contributed by atoms with E-state index in [2.05, 4.69) is 0 Å². The van der Waals surface area contributed by atoms with Gasteiger partial charge in [-0.3, -0.25) is 9.11 Å². The first-order chi connectivity index (χ1) is 5.13. The molecule has 62 valence electrons. The van der Waals surface area contributed by atoms with Gasteiger partial charge in [0.2, 0.25) is 0 Å². The summed E-state index contributed by atoms with van der Waals surface area (Å²) in [7, 11) is 0. The molecule has 0 aliphatic rings. The maximum absolute atomic E-state index is 8.67. The molecule has 0 unspecified atom stereocenters. The third-order valence-electron chi connectivity index (χ3n) is 0.756. The van der Waals surface area contributed by atoms with Gasteiger partial charge in [-0.2, -0.15) is 4.21 Å². The van der Waals surface area contributed by atoms with E-state index in [-0.39, 0.29) is 0 Å². The Bertz CT molecular complexity index is 207. The molecule has 0 saturated heterocycles. The first kappa shape index (κ1) is 10.1. The predicted molar refractivity (Wildman–Crippen MR) is 41.5 cm³/mol. The molecular formula is C6H8O4S. The quantitative estimate of drug-likeness (QED) is 0.517. The standard InChI is InChI=1S/C6H6O.H2O3S/c7-6-4-2-1-3-5-6;1-4(2)3/h1-5,7H;(H2,1,2,3). The summed E-state index contributed by atoms with van der Waals surface area (Å²) in [5.41, 5.74) is 0. The van der Waals surface area contributed by atoms with Gasteiger partial charge in [-0.25, -0.2) is 0 Å². The van der Waals surface area contributed by atoms with Gasteiger partial charge in [0, 0.05) is 0 Å². The van der Waals surface area contributed by atoms with Gasteiger partial charge in [0.1, 0.15) is 5.75 Å². The van der Waals surface area contributed by atoms with Gasteiger partial charge >= 0.3 is 0 Å². The molecule has 4 nitrogen and oxygen atoms in total. The molecule has 0 fully saturated rings. The average Bonchev–Trinajstić information content (AvgIpc) is 1.87. The molecule has 0 radical (unpaired) electrons. The molecule has 11 heavy (non-hydrogen) atoms. The van der Waals surface area contributed by atoms with Crippen LogP contribution in [0, 0.1) is 0 Å². The molecule has 0 amide bonds. The van der Waals surface area contributed by atoms with Gasteiger partial charge in [0.05, 0.1) is 0 Å². The largest absolute Gasteiger partial charge is 0.508 e. The van der Waals surface area contributed by atoms with Crippen LogP contribution in [0.4, 0.5) is 0 Å². The van der Waals surface area contributed by atoms with Gasteiger partial charge in [-0.05, 0) is 12.1 Å². The molecule has 1 rings (SSSR count). The Morgan fingerprint density at radius 2 is 1.45 bits per heavy atom. The van der Waals surface area contributed by atoms with Crippen molar-refractivity contribution < 1.29 is 18.4 Å². The first-order valence-electron chi connectivity index (χ1n) is 2.67. The Hall–Kier alpha value is -0.910. The SMILES string of the molecule is O=S(O)O.Oc1ccccc1. The number of para-hydroxylation sites is 1. The Morgan fingerprint density at radius 1 is 1.09 bits per heavy atom. The minimum Gasteiger partial charge on any atom is -0.508 e. The number of benzene rings is 1. The lowest BCUT2D eigenvalue weighted by Crippen LogP contribution is -1.74. The summed E-state index contributed by atoms with van der Waals surface area (Å²) >= 11 is -2.61. The van der Waals surface area contributed by atoms with E-state index >= 15 is 0 Å². The predicted octanol–water partition coefficient (Wildman–Crippen LogP) is 1.07. The molecule has 0 spiro atoms. The molecular weight excluding hydrogens is 168 g/mol.